The number of halogens is 3. The number of ether oxygens (including phenoxy) is 1. The van der Waals surface area contributed by atoms with Gasteiger partial charge >= 0.3 is 12.1 Å². The molecule has 6 nitrogen and oxygen atoms in total. The molecule has 9 heteroatoms. The third-order valence-corrected chi connectivity index (χ3v) is 4.85. The van der Waals surface area contributed by atoms with Gasteiger partial charge in [0.15, 0.2) is 0 Å². The number of benzene rings is 1. The van der Waals surface area contributed by atoms with E-state index in [0.717, 1.165) is 12.1 Å². The Balaban J connectivity index is 2.44. The van der Waals surface area contributed by atoms with Gasteiger partial charge < -0.3 is 19.7 Å². The van der Waals surface area contributed by atoms with E-state index in [1.54, 1.807) is 10.6 Å². The lowest BCUT2D eigenvalue weighted by Crippen LogP contribution is -2.22. The number of rotatable bonds is 8. The van der Waals surface area contributed by atoms with Crippen LogP contribution in [0.4, 0.5) is 18.9 Å². The zero-order valence-corrected chi connectivity index (χ0v) is 17.0. The SMILES string of the molecule is CCC(C)n1c(CCO)ccc1C(=O)Nc1cc(CC(=O)OC)ccc1C(F)(F)F. The molecule has 1 heterocycles. The summed E-state index contributed by atoms with van der Waals surface area (Å²) >= 11 is 0. The molecule has 2 rings (SSSR count). The third-order valence-electron chi connectivity index (χ3n) is 4.85. The number of aromatic nitrogens is 1. The van der Waals surface area contributed by atoms with E-state index >= 15 is 0 Å². The maximum absolute atomic E-state index is 13.5. The van der Waals surface area contributed by atoms with Crippen molar-refractivity contribution >= 4 is 17.6 Å². The number of methoxy groups -OCH3 is 1. The molecule has 164 valence electrons. The minimum Gasteiger partial charge on any atom is -0.469 e. The first kappa shape index (κ1) is 23.5. The van der Waals surface area contributed by atoms with Gasteiger partial charge in [-0.25, -0.2) is 0 Å². The maximum Gasteiger partial charge on any atom is 0.418 e. The molecule has 2 aromatic rings. The van der Waals surface area contributed by atoms with Gasteiger partial charge in [-0.2, -0.15) is 13.2 Å². The van der Waals surface area contributed by atoms with Gasteiger partial charge in [0.25, 0.3) is 5.91 Å². The molecule has 0 saturated carbocycles. The van der Waals surface area contributed by atoms with Crippen LogP contribution in [-0.4, -0.2) is 35.3 Å². The zero-order chi connectivity index (χ0) is 22.5. The number of nitrogens with zero attached hydrogens (tertiary/aromatic N) is 1. The van der Waals surface area contributed by atoms with Crippen molar-refractivity contribution in [3.05, 3.63) is 52.8 Å². The fourth-order valence-corrected chi connectivity index (χ4v) is 3.17. The molecule has 0 fully saturated rings. The molecule has 0 saturated heterocycles. The van der Waals surface area contributed by atoms with Crippen molar-refractivity contribution in [2.75, 3.05) is 19.0 Å². The van der Waals surface area contributed by atoms with Crippen LogP contribution >= 0.6 is 0 Å². The average molecular weight is 426 g/mol. The fourth-order valence-electron chi connectivity index (χ4n) is 3.17. The lowest BCUT2D eigenvalue weighted by molar-refractivity contribution is -0.139. The van der Waals surface area contributed by atoms with Crippen molar-refractivity contribution in [1.82, 2.24) is 4.57 Å². The number of hydrogen-bond acceptors (Lipinski definition) is 4. The second kappa shape index (κ2) is 9.80. The minimum absolute atomic E-state index is 0.0879. The van der Waals surface area contributed by atoms with Crippen molar-refractivity contribution < 1.29 is 32.6 Å². The normalized spacial score (nSPS) is 12.5. The van der Waals surface area contributed by atoms with Gasteiger partial charge in [0.05, 0.1) is 24.8 Å². The van der Waals surface area contributed by atoms with Gasteiger partial charge in [-0.05, 0) is 43.2 Å². The van der Waals surface area contributed by atoms with E-state index in [1.807, 2.05) is 13.8 Å². The van der Waals surface area contributed by atoms with E-state index in [4.69, 9.17) is 0 Å². The second-order valence-corrected chi connectivity index (χ2v) is 6.90. The van der Waals surface area contributed by atoms with Crippen LogP contribution in [-0.2, 0) is 28.5 Å². The summed E-state index contributed by atoms with van der Waals surface area (Å²) in [5, 5.41) is 11.6. The van der Waals surface area contributed by atoms with Crippen LogP contribution in [0.1, 0.15) is 53.6 Å². The van der Waals surface area contributed by atoms with Gasteiger partial charge in [-0.3, -0.25) is 9.59 Å². The molecule has 0 radical (unpaired) electrons. The number of carbonyl (C=O) groups is 2. The number of carbonyl (C=O) groups excluding carboxylic acids is 2. The first-order valence-corrected chi connectivity index (χ1v) is 9.51. The van der Waals surface area contributed by atoms with Crippen molar-refractivity contribution in [2.24, 2.45) is 0 Å². The number of anilines is 1. The highest BCUT2D eigenvalue weighted by molar-refractivity contribution is 6.04. The summed E-state index contributed by atoms with van der Waals surface area (Å²) in [5.41, 5.74) is -0.258. The summed E-state index contributed by atoms with van der Waals surface area (Å²) in [5.74, 6) is -1.31. The van der Waals surface area contributed by atoms with E-state index < -0.39 is 29.3 Å². The Kier molecular flexibility index (Phi) is 7.66. The molecule has 0 aliphatic carbocycles. The van der Waals surface area contributed by atoms with Crippen molar-refractivity contribution in [1.29, 1.82) is 0 Å². The molecule has 0 spiro atoms. The van der Waals surface area contributed by atoms with E-state index in [2.05, 4.69) is 10.1 Å². The van der Waals surface area contributed by atoms with Crippen LogP contribution in [0.15, 0.2) is 30.3 Å². The summed E-state index contributed by atoms with van der Waals surface area (Å²) < 4.78 is 46.6. The van der Waals surface area contributed by atoms with E-state index in [0.29, 0.717) is 18.5 Å². The summed E-state index contributed by atoms with van der Waals surface area (Å²) in [6.45, 7) is 3.69. The van der Waals surface area contributed by atoms with Crippen molar-refractivity contribution in [3.8, 4) is 0 Å². The number of hydrogen-bond donors (Lipinski definition) is 2. The average Bonchev–Trinajstić information content (AvgIpc) is 3.10. The Hall–Kier alpha value is -2.81. The van der Waals surface area contributed by atoms with E-state index in [9.17, 15) is 27.9 Å². The Labute approximate surface area is 172 Å². The lowest BCUT2D eigenvalue weighted by atomic mass is 10.1. The summed E-state index contributed by atoms with van der Waals surface area (Å²) in [7, 11) is 1.18. The Bertz CT molecular complexity index is 906. The first-order chi connectivity index (χ1) is 14.1. The molecule has 1 amide bonds. The van der Waals surface area contributed by atoms with Crippen LogP contribution in [0.5, 0.6) is 0 Å². The molecule has 0 aliphatic heterocycles. The highest BCUT2D eigenvalue weighted by Gasteiger charge is 2.34. The molecular weight excluding hydrogens is 401 g/mol. The Morgan fingerprint density at radius 1 is 1.23 bits per heavy atom. The molecule has 1 atom stereocenters. The highest BCUT2D eigenvalue weighted by atomic mass is 19.4. The molecule has 0 aliphatic rings. The molecule has 1 unspecified atom stereocenters. The topological polar surface area (TPSA) is 80.6 Å². The predicted molar refractivity (Wildman–Crippen MR) is 105 cm³/mol. The van der Waals surface area contributed by atoms with Gasteiger partial charge in [0, 0.05) is 24.8 Å². The fraction of sp³-hybridized carbons (Fsp3) is 0.429. The quantitative estimate of drug-likeness (QED) is 0.626. The summed E-state index contributed by atoms with van der Waals surface area (Å²) in [6, 6.07) is 6.25. The number of esters is 1. The minimum atomic E-state index is -4.69. The standard InChI is InChI=1S/C21H25F3N2O4/c1-4-13(2)26-15(9-10-27)6-8-18(26)20(29)25-17-11-14(12-19(28)30-3)5-7-16(17)21(22,23)24/h5-8,11,13,27H,4,9-10,12H2,1-3H3,(H,25,29). The van der Waals surface area contributed by atoms with Crippen LogP contribution < -0.4 is 5.32 Å². The molecule has 1 aromatic heterocycles. The second-order valence-electron chi connectivity index (χ2n) is 6.90. The van der Waals surface area contributed by atoms with Gasteiger partial charge in [0.2, 0.25) is 0 Å². The van der Waals surface area contributed by atoms with Crippen molar-refractivity contribution in [2.45, 2.75) is 45.3 Å². The predicted octanol–water partition coefficient (Wildman–Crippen LogP) is 3.98. The first-order valence-electron chi connectivity index (χ1n) is 9.51. The Morgan fingerprint density at radius 2 is 1.93 bits per heavy atom. The van der Waals surface area contributed by atoms with Crippen LogP contribution in [0.3, 0.4) is 0 Å². The number of nitrogens with one attached hydrogen (secondary N) is 1. The number of aliphatic hydroxyl groups excluding tert-OH is 1. The number of aliphatic hydroxyl groups is 1. The van der Waals surface area contributed by atoms with Gasteiger partial charge in [0.1, 0.15) is 5.69 Å². The van der Waals surface area contributed by atoms with Crippen LogP contribution in [0, 0.1) is 0 Å². The molecular formula is C21H25F3N2O4. The highest BCUT2D eigenvalue weighted by Crippen LogP contribution is 2.36. The lowest BCUT2D eigenvalue weighted by Gasteiger charge is -2.20. The Morgan fingerprint density at radius 3 is 2.50 bits per heavy atom. The zero-order valence-electron chi connectivity index (χ0n) is 17.0. The maximum atomic E-state index is 13.5. The number of alkyl halides is 3. The summed E-state index contributed by atoms with van der Waals surface area (Å²) in [6.07, 6.45) is -3.90. The monoisotopic (exact) mass is 426 g/mol. The van der Waals surface area contributed by atoms with Crippen molar-refractivity contribution in [3.63, 3.8) is 0 Å². The molecule has 1 aromatic carbocycles. The van der Waals surface area contributed by atoms with Crippen LogP contribution in [0.2, 0.25) is 0 Å². The summed E-state index contributed by atoms with van der Waals surface area (Å²) in [4.78, 5) is 24.4. The molecule has 0 bridgehead atoms. The smallest absolute Gasteiger partial charge is 0.418 e. The largest absolute Gasteiger partial charge is 0.469 e. The molecule has 2 N–H and O–H groups in total. The van der Waals surface area contributed by atoms with Gasteiger partial charge in [-0.15, -0.1) is 0 Å². The molecule has 30 heavy (non-hydrogen) atoms. The van der Waals surface area contributed by atoms with E-state index in [1.165, 1.54) is 19.2 Å². The van der Waals surface area contributed by atoms with Gasteiger partial charge in [-0.1, -0.05) is 13.0 Å². The third kappa shape index (κ3) is 5.41. The number of amides is 1. The van der Waals surface area contributed by atoms with E-state index in [-0.39, 0.29) is 30.3 Å². The van der Waals surface area contributed by atoms with Crippen LogP contribution in [0.25, 0.3) is 0 Å².